The molecule has 0 unspecified atom stereocenters. The number of aromatic nitrogens is 4. The lowest BCUT2D eigenvalue weighted by atomic mass is 10.2. The van der Waals surface area contributed by atoms with Crippen molar-refractivity contribution in [2.45, 2.75) is 27.7 Å². The van der Waals surface area contributed by atoms with Gasteiger partial charge in [-0.05, 0) is 69.7 Å². The van der Waals surface area contributed by atoms with E-state index in [2.05, 4.69) is 20.3 Å². The van der Waals surface area contributed by atoms with E-state index in [9.17, 15) is 4.79 Å². The molecule has 1 N–H and O–H groups in total. The molecule has 1 amide bonds. The van der Waals surface area contributed by atoms with Gasteiger partial charge in [0, 0.05) is 17.4 Å². The van der Waals surface area contributed by atoms with Crippen LogP contribution < -0.4 is 14.8 Å². The second-order valence-electron chi connectivity index (χ2n) is 7.68. The number of amides is 1. The molecule has 4 aromatic rings. The molecule has 8 heteroatoms. The fourth-order valence-corrected chi connectivity index (χ4v) is 3.21. The summed E-state index contributed by atoms with van der Waals surface area (Å²) in [5.41, 5.74) is 3.66. The van der Waals surface area contributed by atoms with Crippen molar-refractivity contribution in [1.29, 1.82) is 0 Å². The zero-order chi connectivity index (χ0) is 23.4. The van der Waals surface area contributed by atoms with E-state index in [1.54, 1.807) is 36.7 Å². The van der Waals surface area contributed by atoms with Crippen LogP contribution in [0.25, 0.3) is 5.82 Å². The van der Waals surface area contributed by atoms with E-state index in [4.69, 9.17) is 9.47 Å². The van der Waals surface area contributed by atoms with Gasteiger partial charge < -0.3 is 14.8 Å². The molecule has 4 rings (SSSR count). The lowest BCUT2D eigenvalue weighted by Gasteiger charge is -2.11. The maximum Gasteiger partial charge on any atom is 0.262 e. The summed E-state index contributed by atoms with van der Waals surface area (Å²) in [6.45, 7) is 7.65. The maximum atomic E-state index is 12.2. The van der Waals surface area contributed by atoms with Crippen molar-refractivity contribution in [3.63, 3.8) is 0 Å². The molecule has 0 fully saturated rings. The number of aryl methyl sites for hydroxylation is 3. The molecular weight excluding hydrogens is 418 g/mol. The van der Waals surface area contributed by atoms with Gasteiger partial charge in [-0.2, -0.15) is 4.98 Å². The fourth-order valence-electron chi connectivity index (χ4n) is 3.21. The van der Waals surface area contributed by atoms with Gasteiger partial charge in [-0.25, -0.2) is 9.97 Å². The van der Waals surface area contributed by atoms with Crippen molar-refractivity contribution in [2.24, 2.45) is 0 Å². The minimum atomic E-state index is -0.243. The van der Waals surface area contributed by atoms with Crippen LogP contribution in [0.5, 0.6) is 17.4 Å². The van der Waals surface area contributed by atoms with Gasteiger partial charge in [0.05, 0.1) is 5.69 Å². The number of ether oxygens (including phenoxy) is 2. The Morgan fingerprint density at radius 3 is 2.45 bits per heavy atom. The highest BCUT2D eigenvalue weighted by atomic mass is 16.5. The molecule has 8 nitrogen and oxygen atoms in total. The largest absolute Gasteiger partial charge is 0.484 e. The van der Waals surface area contributed by atoms with Gasteiger partial charge in [-0.15, -0.1) is 0 Å². The SMILES string of the molecule is Cc1cccc(OCC(=O)Nc2ccc(Oc3cc(-n4cnc(C)c4C)nc(C)n3)cc2)c1. The highest BCUT2D eigenvalue weighted by Crippen LogP contribution is 2.24. The minimum Gasteiger partial charge on any atom is -0.484 e. The van der Waals surface area contributed by atoms with Gasteiger partial charge >= 0.3 is 0 Å². The number of nitrogens with zero attached hydrogens (tertiary/aromatic N) is 4. The summed E-state index contributed by atoms with van der Waals surface area (Å²) in [7, 11) is 0. The molecule has 0 aliphatic heterocycles. The predicted molar refractivity (Wildman–Crippen MR) is 125 cm³/mol. The molecular formula is C25H25N5O3. The summed E-state index contributed by atoms with van der Waals surface area (Å²) in [4.78, 5) is 25.4. The zero-order valence-electron chi connectivity index (χ0n) is 19.0. The highest BCUT2D eigenvalue weighted by molar-refractivity contribution is 5.91. The Kier molecular flexibility index (Phi) is 6.35. The molecule has 0 atom stereocenters. The molecule has 0 aliphatic rings. The Balaban J connectivity index is 1.38. The summed E-state index contributed by atoms with van der Waals surface area (Å²) in [6, 6.07) is 16.4. The number of rotatable bonds is 7. The Morgan fingerprint density at radius 1 is 0.970 bits per heavy atom. The molecule has 168 valence electrons. The quantitative estimate of drug-likeness (QED) is 0.445. The smallest absolute Gasteiger partial charge is 0.262 e. The van der Waals surface area contributed by atoms with Gasteiger partial charge in [-0.3, -0.25) is 9.36 Å². The van der Waals surface area contributed by atoms with Gasteiger partial charge in [0.25, 0.3) is 5.91 Å². The monoisotopic (exact) mass is 443 g/mol. The number of benzene rings is 2. The Morgan fingerprint density at radius 2 is 1.76 bits per heavy atom. The van der Waals surface area contributed by atoms with E-state index >= 15 is 0 Å². The Bertz CT molecular complexity index is 1280. The molecule has 0 spiro atoms. The van der Waals surface area contributed by atoms with Crippen LogP contribution in [0.4, 0.5) is 5.69 Å². The number of anilines is 1. The third-order valence-corrected chi connectivity index (χ3v) is 5.02. The molecule has 2 aromatic carbocycles. The fraction of sp³-hybridized carbons (Fsp3) is 0.200. The lowest BCUT2D eigenvalue weighted by Crippen LogP contribution is -2.20. The molecule has 33 heavy (non-hydrogen) atoms. The van der Waals surface area contributed by atoms with Crippen molar-refractivity contribution >= 4 is 11.6 Å². The second-order valence-corrected chi connectivity index (χ2v) is 7.68. The summed E-state index contributed by atoms with van der Waals surface area (Å²) in [5, 5.41) is 2.81. The van der Waals surface area contributed by atoms with Crippen molar-refractivity contribution in [3.05, 3.63) is 83.7 Å². The topological polar surface area (TPSA) is 91.2 Å². The molecule has 0 radical (unpaired) electrons. The Hall–Kier alpha value is -4.20. The zero-order valence-corrected chi connectivity index (χ0v) is 19.0. The van der Waals surface area contributed by atoms with Crippen LogP contribution in [0.3, 0.4) is 0 Å². The second kappa shape index (κ2) is 9.52. The predicted octanol–water partition coefficient (Wildman–Crippen LogP) is 4.71. The number of carbonyl (C=O) groups is 1. The lowest BCUT2D eigenvalue weighted by molar-refractivity contribution is -0.118. The first-order chi connectivity index (χ1) is 15.9. The van der Waals surface area contributed by atoms with Gasteiger partial charge in [0.1, 0.15) is 29.5 Å². The summed E-state index contributed by atoms with van der Waals surface area (Å²) >= 11 is 0. The van der Waals surface area contributed by atoms with Gasteiger partial charge in [0.15, 0.2) is 6.61 Å². The van der Waals surface area contributed by atoms with Crippen molar-refractivity contribution in [2.75, 3.05) is 11.9 Å². The average Bonchev–Trinajstić information content (AvgIpc) is 3.12. The van der Waals surface area contributed by atoms with E-state index in [1.807, 2.05) is 56.5 Å². The van der Waals surface area contributed by atoms with Crippen LogP contribution in [0.1, 0.15) is 22.8 Å². The summed E-state index contributed by atoms with van der Waals surface area (Å²) in [6.07, 6.45) is 1.73. The number of imidazole rings is 1. The van der Waals surface area contributed by atoms with E-state index in [-0.39, 0.29) is 12.5 Å². The highest BCUT2D eigenvalue weighted by Gasteiger charge is 2.10. The third-order valence-electron chi connectivity index (χ3n) is 5.02. The summed E-state index contributed by atoms with van der Waals surface area (Å²) in [5.74, 6) is 2.71. The van der Waals surface area contributed by atoms with Crippen molar-refractivity contribution < 1.29 is 14.3 Å². The van der Waals surface area contributed by atoms with Crippen LogP contribution in [-0.4, -0.2) is 32.0 Å². The van der Waals surface area contributed by atoms with E-state index in [0.29, 0.717) is 34.7 Å². The first-order valence-corrected chi connectivity index (χ1v) is 10.5. The van der Waals surface area contributed by atoms with Crippen LogP contribution in [0, 0.1) is 27.7 Å². The van der Waals surface area contributed by atoms with E-state index < -0.39 is 0 Å². The van der Waals surface area contributed by atoms with E-state index in [1.165, 1.54) is 0 Å². The standard InChI is InChI=1S/C25H25N5O3/c1-16-6-5-7-22(12-16)32-14-24(31)29-20-8-10-21(11-9-20)33-25-13-23(27-19(4)28-25)30-15-26-17(2)18(30)3/h5-13,15H,14H2,1-4H3,(H,29,31). The number of hydrogen-bond acceptors (Lipinski definition) is 6. The molecule has 2 heterocycles. The van der Waals surface area contributed by atoms with Gasteiger partial charge in [-0.1, -0.05) is 12.1 Å². The first kappa shape index (κ1) is 22.0. The number of hydrogen-bond donors (Lipinski definition) is 1. The normalized spacial score (nSPS) is 10.7. The van der Waals surface area contributed by atoms with Crippen LogP contribution >= 0.6 is 0 Å². The average molecular weight is 444 g/mol. The molecule has 2 aromatic heterocycles. The Labute approximate surface area is 192 Å². The van der Waals surface area contributed by atoms with Gasteiger partial charge in [0.2, 0.25) is 5.88 Å². The molecule has 0 aliphatic carbocycles. The number of carbonyl (C=O) groups excluding carboxylic acids is 1. The number of nitrogens with one attached hydrogen (secondary N) is 1. The molecule has 0 saturated heterocycles. The van der Waals surface area contributed by atoms with E-state index in [0.717, 1.165) is 17.0 Å². The molecule has 0 saturated carbocycles. The minimum absolute atomic E-state index is 0.0716. The summed E-state index contributed by atoms with van der Waals surface area (Å²) < 4.78 is 13.4. The van der Waals surface area contributed by atoms with Crippen molar-refractivity contribution in [1.82, 2.24) is 19.5 Å². The van der Waals surface area contributed by atoms with Crippen LogP contribution in [0.15, 0.2) is 60.9 Å². The van der Waals surface area contributed by atoms with Crippen molar-refractivity contribution in [3.8, 4) is 23.2 Å². The molecule has 0 bridgehead atoms. The third kappa shape index (κ3) is 5.54. The first-order valence-electron chi connectivity index (χ1n) is 10.5. The van der Waals surface area contributed by atoms with Crippen LogP contribution in [0.2, 0.25) is 0 Å². The van der Waals surface area contributed by atoms with Crippen LogP contribution in [-0.2, 0) is 4.79 Å². The maximum absolute atomic E-state index is 12.2.